The van der Waals surface area contributed by atoms with E-state index in [1.165, 1.54) is 6.20 Å². The second kappa shape index (κ2) is 6.09. The highest BCUT2D eigenvalue weighted by molar-refractivity contribution is 7.99. The Bertz CT molecular complexity index is 645. The molecule has 2 aromatic rings. The SMILES string of the molecule is O=C(O)c1cnc(N2CCSCC2)nc1-c1ccncc1. The number of thioether (sulfide) groups is 1. The predicted octanol–water partition coefficient (Wildman–Crippen LogP) is 1.79. The minimum Gasteiger partial charge on any atom is -0.478 e. The third-order valence-electron chi connectivity index (χ3n) is 3.25. The lowest BCUT2D eigenvalue weighted by molar-refractivity contribution is 0.0697. The van der Waals surface area contributed by atoms with Crippen molar-refractivity contribution in [3.63, 3.8) is 0 Å². The monoisotopic (exact) mass is 302 g/mol. The second-order valence-electron chi connectivity index (χ2n) is 4.57. The zero-order valence-corrected chi connectivity index (χ0v) is 12.1. The van der Waals surface area contributed by atoms with Crippen LogP contribution in [0.15, 0.2) is 30.7 Å². The lowest BCUT2D eigenvalue weighted by atomic mass is 10.1. The van der Waals surface area contributed by atoms with Gasteiger partial charge in [0, 0.05) is 48.7 Å². The number of hydrogen-bond donors (Lipinski definition) is 1. The number of carboxylic acid groups (broad SMARTS) is 1. The van der Waals surface area contributed by atoms with Gasteiger partial charge in [0.2, 0.25) is 5.95 Å². The van der Waals surface area contributed by atoms with Crippen LogP contribution in [0.5, 0.6) is 0 Å². The quantitative estimate of drug-likeness (QED) is 0.926. The molecule has 0 aliphatic carbocycles. The molecule has 1 fully saturated rings. The number of carboxylic acids is 1. The van der Waals surface area contributed by atoms with Gasteiger partial charge in [0.15, 0.2) is 0 Å². The average molecular weight is 302 g/mol. The minimum atomic E-state index is -1.03. The first-order valence-corrected chi connectivity index (χ1v) is 7.74. The molecule has 7 heteroatoms. The molecule has 3 rings (SSSR count). The lowest BCUT2D eigenvalue weighted by Gasteiger charge is -2.26. The van der Waals surface area contributed by atoms with E-state index in [4.69, 9.17) is 0 Å². The molecule has 0 bridgehead atoms. The summed E-state index contributed by atoms with van der Waals surface area (Å²) in [6.45, 7) is 1.76. The molecule has 6 nitrogen and oxygen atoms in total. The Kier molecular flexibility index (Phi) is 4.01. The summed E-state index contributed by atoms with van der Waals surface area (Å²) >= 11 is 1.90. The molecule has 3 heterocycles. The molecule has 0 radical (unpaired) electrons. The fourth-order valence-electron chi connectivity index (χ4n) is 2.17. The average Bonchev–Trinajstić information content (AvgIpc) is 2.56. The number of pyridine rings is 1. The van der Waals surface area contributed by atoms with Gasteiger partial charge in [0.05, 0.1) is 5.69 Å². The molecule has 0 unspecified atom stereocenters. The van der Waals surface area contributed by atoms with Crippen LogP contribution in [0.25, 0.3) is 11.3 Å². The van der Waals surface area contributed by atoms with E-state index in [9.17, 15) is 9.90 Å². The summed E-state index contributed by atoms with van der Waals surface area (Å²) in [6, 6.07) is 3.51. The maximum atomic E-state index is 11.4. The van der Waals surface area contributed by atoms with Crippen molar-refractivity contribution in [2.75, 3.05) is 29.5 Å². The maximum absolute atomic E-state index is 11.4. The zero-order valence-electron chi connectivity index (χ0n) is 11.3. The summed E-state index contributed by atoms with van der Waals surface area (Å²) in [6.07, 6.45) is 4.64. The first-order chi connectivity index (χ1) is 10.3. The van der Waals surface area contributed by atoms with Crippen molar-refractivity contribution in [2.24, 2.45) is 0 Å². The number of aromatic nitrogens is 3. The van der Waals surface area contributed by atoms with Crippen molar-refractivity contribution in [3.8, 4) is 11.3 Å². The molecule has 1 N–H and O–H groups in total. The topological polar surface area (TPSA) is 79.2 Å². The number of rotatable bonds is 3. The second-order valence-corrected chi connectivity index (χ2v) is 5.80. The summed E-state index contributed by atoms with van der Waals surface area (Å²) in [4.78, 5) is 26.1. The number of anilines is 1. The molecule has 0 amide bonds. The van der Waals surface area contributed by atoms with Crippen molar-refractivity contribution in [1.29, 1.82) is 0 Å². The summed E-state index contributed by atoms with van der Waals surface area (Å²) in [5, 5.41) is 9.32. The van der Waals surface area contributed by atoms with Gasteiger partial charge in [-0.3, -0.25) is 4.98 Å². The molecule has 0 atom stereocenters. The van der Waals surface area contributed by atoms with Crippen LogP contribution in [-0.4, -0.2) is 50.6 Å². The maximum Gasteiger partial charge on any atom is 0.339 e. The fraction of sp³-hybridized carbons (Fsp3) is 0.286. The van der Waals surface area contributed by atoms with Crippen molar-refractivity contribution in [2.45, 2.75) is 0 Å². The molecule has 108 valence electrons. The molecular weight excluding hydrogens is 288 g/mol. The van der Waals surface area contributed by atoms with Crippen LogP contribution in [0.4, 0.5) is 5.95 Å². The summed E-state index contributed by atoms with van der Waals surface area (Å²) < 4.78 is 0. The van der Waals surface area contributed by atoms with Gasteiger partial charge in [-0.15, -0.1) is 0 Å². The molecule has 21 heavy (non-hydrogen) atoms. The molecule has 0 aromatic carbocycles. The van der Waals surface area contributed by atoms with Crippen molar-refractivity contribution >= 4 is 23.7 Å². The Labute approximate surface area is 126 Å². The predicted molar refractivity (Wildman–Crippen MR) is 81.8 cm³/mol. The van der Waals surface area contributed by atoms with Crippen molar-refractivity contribution in [1.82, 2.24) is 15.0 Å². The van der Waals surface area contributed by atoms with E-state index in [1.807, 2.05) is 11.8 Å². The minimum absolute atomic E-state index is 0.108. The van der Waals surface area contributed by atoms with E-state index in [1.54, 1.807) is 24.5 Å². The standard InChI is InChI=1S/C14H14N4O2S/c19-13(20)11-9-16-14(18-5-7-21-8-6-18)17-12(11)10-1-3-15-4-2-10/h1-4,9H,5-8H2,(H,19,20). The number of carbonyl (C=O) groups is 1. The van der Waals surface area contributed by atoms with Gasteiger partial charge in [0.1, 0.15) is 5.56 Å². The van der Waals surface area contributed by atoms with Crippen LogP contribution in [0.1, 0.15) is 10.4 Å². The van der Waals surface area contributed by atoms with Crippen LogP contribution in [-0.2, 0) is 0 Å². The molecule has 1 saturated heterocycles. The van der Waals surface area contributed by atoms with E-state index in [0.29, 0.717) is 11.6 Å². The largest absolute Gasteiger partial charge is 0.478 e. The first kappa shape index (κ1) is 13.8. The third-order valence-corrected chi connectivity index (χ3v) is 4.20. The van der Waals surface area contributed by atoms with E-state index in [0.717, 1.165) is 30.2 Å². The molecular formula is C14H14N4O2S. The van der Waals surface area contributed by atoms with Gasteiger partial charge < -0.3 is 10.0 Å². The van der Waals surface area contributed by atoms with E-state index < -0.39 is 5.97 Å². The lowest BCUT2D eigenvalue weighted by Crippen LogP contribution is -2.34. The van der Waals surface area contributed by atoms with E-state index in [-0.39, 0.29) is 5.56 Å². The third kappa shape index (κ3) is 2.97. The number of aromatic carboxylic acids is 1. The van der Waals surface area contributed by atoms with Gasteiger partial charge in [0.25, 0.3) is 0 Å². The molecule has 1 aliphatic rings. The van der Waals surface area contributed by atoms with Gasteiger partial charge >= 0.3 is 5.97 Å². The molecule has 2 aromatic heterocycles. The van der Waals surface area contributed by atoms with E-state index in [2.05, 4.69) is 19.9 Å². The van der Waals surface area contributed by atoms with Gasteiger partial charge in [-0.25, -0.2) is 14.8 Å². The number of hydrogen-bond acceptors (Lipinski definition) is 6. The Morgan fingerprint density at radius 3 is 2.62 bits per heavy atom. The highest BCUT2D eigenvalue weighted by Crippen LogP contribution is 2.24. The normalized spacial score (nSPS) is 15.0. The van der Waals surface area contributed by atoms with E-state index >= 15 is 0 Å². The van der Waals surface area contributed by atoms with Crippen LogP contribution < -0.4 is 4.90 Å². The van der Waals surface area contributed by atoms with Crippen molar-refractivity contribution < 1.29 is 9.90 Å². The Morgan fingerprint density at radius 1 is 1.24 bits per heavy atom. The summed E-state index contributed by atoms with van der Waals surface area (Å²) in [7, 11) is 0. The Balaban J connectivity index is 2.04. The van der Waals surface area contributed by atoms with Gasteiger partial charge in [-0.05, 0) is 12.1 Å². The molecule has 1 aliphatic heterocycles. The highest BCUT2D eigenvalue weighted by Gasteiger charge is 2.19. The van der Waals surface area contributed by atoms with Crippen LogP contribution in [0, 0.1) is 0 Å². The Morgan fingerprint density at radius 2 is 1.95 bits per heavy atom. The van der Waals surface area contributed by atoms with Crippen LogP contribution >= 0.6 is 11.8 Å². The first-order valence-electron chi connectivity index (χ1n) is 6.59. The smallest absolute Gasteiger partial charge is 0.339 e. The molecule has 0 saturated carbocycles. The Hall–Kier alpha value is -2.15. The molecule has 0 spiro atoms. The zero-order chi connectivity index (χ0) is 14.7. The summed E-state index contributed by atoms with van der Waals surface area (Å²) in [5.74, 6) is 1.64. The van der Waals surface area contributed by atoms with Gasteiger partial charge in [-0.2, -0.15) is 11.8 Å². The van der Waals surface area contributed by atoms with Crippen LogP contribution in [0.3, 0.4) is 0 Å². The van der Waals surface area contributed by atoms with Gasteiger partial charge in [-0.1, -0.05) is 0 Å². The van der Waals surface area contributed by atoms with Crippen molar-refractivity contribution in [3.05, 3.63) is 36.3 Å². The van der Waals surface area contributed by atoms with Crippen LogP contribution in [0.2, 0.25) is 0 Å². The number of nitrogens with zero attached hydrogens (tertiary/aromatic N) is 4. The summed E-state index contributed by atoms with van der Waals surface area (Å²) in [5.41, 5.74) is 1.28. The fourth-order valence-corrected chi connectivity index (χ4v) is 3.08. The highest BCUT2D eigenvalue weighted by atomic mass is 32.2.